The second-order valence-corrected chi connectivity index (χ2v) is 8.19. The van der Waals surface area contributed by atoms with Gasteiger partial charge in [0.05, 0.1) is 6.54 Å². The minimum atomic E-state index is -4.11. The number of likely N-dealkylation sites (tertiary alicyclic amines) is 1. The molecule has 1 aliphatic rings. The van der Waals surface area contributed by atoms with E-state index in [4.69, 9.17) is 5.73 Å². The van der Waals surface area contributed by atoms with Crippen molar-refractivity contribution in [1.82, 2.24) is 24.6 Å². The fourth-order valence-corrected chi connectivity index (χ4v) is 3.71. The van der Waals surface area contributed by atoms with Crippen LogP contribution in [0.15, 0.2) is 10.5 Å². The van der Waals surface area contributed by atoms with Gasteiger partial charge in [-0.25, -0.2) is 14.5 Å². The van der Waals surface area contributed by atoms with E-state index in [0.717, 1.165) is 11.3 Å². The summed E-state index contributed by atoms with van der Waals surface area (Å²) in [6, 6.07) is -2.60. The van der Waals surface area contributed by atoms with Crippen molar-refractivity contribution in [2.45, 2.75) is 25.9 Å². The summed E-state index contributed by atoms with van der Waals surface area (Å²) < 4.78 is 27.2. The molecule has 13 nitrogen and oxygen atoms in total. The normalized spacial score (nSPS) is 16.7. The molecular weight excluding hydrogens is 437 g/mol. The summed E-state index contributed by atoms with van der Waals surface area (Å²) in [4.78, 5) is 45.5. The van der Waals surface area contributed by atoms with Crippen molar-refractivity contribution in [3.05, 3.63) is 11.1 Å². The van der Waals surface area contributed by atoms with Crippen molar-refractivity contribution in [2.24, 2.45) is 5.16 Å². The molecule has 1 atom stereocenters. The van der Waals surface area contributed by atoms with Gasteiger partial charge in [0.2, 0.25) is 0 Å². The molecular formula is C13H20N7NaO6S2. The van der Waals surface area contributed by atoms with E-state index in [2.05, 4.69) is 25.0 Å². The Hall–Kier alpha value is -1.78. The Balaban J connectivity index is 0.00000420. The van der Waals surface area contributed by atoms with E-state index in [-0.39, 0.29) is 52.6 Å². The van der Waals surface area contributed by atoms with Gasteiger partial charge in [0.25, 0.3) is 11.8 Å². The number of hydrogen-bond acceptors (Lipinski definition) is 10. The standard InChI is InChI=1S/C13H19N7O6S2.Na.H/c1-6(2)18-28(24,25)19-13(23)20-4-7(11(20)22)15-10(21)9(17-26-3)8-5-27-12(14)16-8;;/h5-7,18H,4H2,1-3H3,(H2,14,16)(H,15,21)(H,19,23);;/t7-;;/m0../s1. The molecule has 1 fully saturated rings. The van der Waals surface area contributed by atoms with Gasteiger partial charge >= 0.3 is 45.8 Å². The van der Waals surface area contributed by atoms with Crippen LogP contribution < -0.4 is 20.5 Å². The van der Waals surface area contributed by atoms with Gasteiger partial charge in [-0.05, 0) is 13.8 Å². The van der Waals surface area contributed by atoms with Crippen LogP contribution >= 0.6 is 11.3 Å². The molecule has 0 bridgehead atoms. The number of nitrogens with two attached hydrogens (primary N) is 1. The van der Waals surface area contributed by atoms with Crippen molar-refractivity contribution >= 4 is 79.8 Å². The summed E-state index contributed by atoms with van der Waals surface area (Å²) in [7, 11) is -2.87. The fraction of sp³-hybridized carbons (Fsp3) is 0.462. The Morgan fingerprint density at radius 2 is 2.10 bits per heavy atom. The predicted molar refractivity (Wildman–Crippen MR) is 107 cm³/mol. The van der Waals surface area contributed by atoms with Gasteiger partial charge in [0, 0.05) is 11.4 Å². The molecule has 2 rings (SSSR count). The molecule has 1 aromatic rings. The first-order valence-corrected chi connectivity index (χ1v) is 10.2. The molecule has 0 radical (unpaired) electrons. The van der Waals surface area contributed by atoms with Gasteiger partial charge in [0.1, 0.15) is 18.8 Å². The molecule has 156 valence electrons. The number of anilines is 1. The summed E-state index contributed by atoms with van der Waals surface area (Å²) in [6.07, 6.45) is 0. The van der Waals surface area contributed by atoms with Crippen LogP contribution in [0.5, 0.6) is 0 Å². The van der Waals surface area contributed by atoms with Crippen LogP contribution in [0.3, 0.4) is 0 Å². The first kappa shape index (κ1) is 25.3. The monoisotopic (exact) mass is 457 g/mol. The van der Waals surface area contributed by atoms with Crippen LogP contribution in [0.25, 0.3) is 0 Å². The summed E-state index contributed by atoms with van der Waals surface area (Å²) in [5, 5.41) is 7.65. The quantitative estimate of drug-likeness (QED) is 0.152. The van der Waals surface area contributed by atoms with Gasteiger partial charge in [-0.2, -0.15) is 13.1 Å². The number of nitrogens with zero attached hydrogens (tertiary/aromatic N) is 3. The van der Waals surface area contributed by atoms with E-state index >= 15 is 0 Å². The minimum absolute atomic E-state index is 0. The number of hydrogen-bond donors (Lipinski definition) is 4. The van der Waals surface area contributed by atoms with Crippen molar-refractivity contribution in [3.63, 3.8) is 0 Å². The Bertz CT molecular complexity index is 917. The Labute approximate surface area is 192 Å². The van der Waals surface area contributed by atoms with Crippen molar-refractivity contribution in [1.29, 1.82) is 0 Å². The van der Waals surface area contributed by atoms with Crippen LogP contribution in [0.4, 0.5) is 9.93 Å². The molecule has 2 heterocycles. The number of amides is 4. The number of urea groups is 1. The fourth-order valence-electron chi connectivity index (χ4n) is 2.15. The molecule has 5 N–H and O–H groups in total. The molecule has 1 aliphatic heterocycles. The summed E-state index contributed by atoms with van der Waals surface area (Å²) >= 11 is 1.09. The summed E-state index contributed by atoms with van der Waals surface area (Å²) in [6.45, 7) is 2.92. The van der Waals surface area contributed by atoms with E-state index in [9.17, 15) is 22.8 Å². The molecule has 0 spiro atoms. The zero-order chi connectivity index (χ0) is 21.1. The van der Waals surface area contributed by atoms with Gasteiger partial charge < -0.3 is 15.9 Å². The molecule has 16 heteroatoms. The van der Waals surface area contributed by atoms with E-state index in [1.54, 1.807) is 18.6 Å². The van der Waals surface area contributed by atoms with Crippen LogP contribution in [0, 0.1) is 0 Å². The number of β-lactam (4-membered cyclic amide) rings is 1. The molecule has 0 unspecified atom stereocenters. The van der Waals surface area contributed by atoms with Crippen LogP contribution in [-0.4, -0.2) is 97.2 Å². The van der Waals surface area contributed by atoms with E-state index in [1.165, 1.54) is 12.5 Å². The molecule has 0 aliphatic carbocycles. The number of rotatable bonds is 7. The second kappa shape index (κ2) is 10.3. The molecule has 29 heavy (non-hydrogen) atoms. The number of oxime groups is 1. The van der Waals surface area contributed by atoms with E-state index in [0.29, 0.717) is 4.90 Å². The maximum absolute atomic E-state index is 12.3. The molecule has 1 aromatic heterocycles. The van der Waals surface area contributed by atoms with Crippen molar-refractivity contribution in [3.8, 4) is 0 Å². The zero-order valence-corrected chi connectivity index (χ0v) is 16.8. The number of carbonyl (C=O) groups is 3. The van der Waals surface area contributed by atoms with Crippen LogP contribution in [-0.2, 0) is 24.6 Å². The Morgan fingerprint density at radius 3 is 2.59 bits per heavy atom. The molecule has 1 saturated heterocycles. The predicted octanol–water partition coefficient (Wildman–Crippen LogP) is -2.29. The van der Waals surface area contributed by atoms with Gasteiger partial charge in [-0.1, -0.05) is 5.16 Å². The number of aromatic nitrogens is 1. The van der Waals surface area contributed by atoms with E-state index in [1.807, 2.05) is 0 Å². The third-order valence-electron chi connectivity index (χ3n) is 3.25. The molecule has 0 aromatic carbocycles. The first-order chi connectivity index (χ1) is 13.0. The number of nitrogens with one attached hydrogen (secondary N) is 3. The number of thiazole rings is 1. The van der Waals surface area contributed by atoms with Gasteiger partial charge in [-0.3, -0.25) is 14.5 Å². The third kappa shape index (κ3) is 6.61. The number of carbonyl (C=O) groups excluding carboxylic acids is 3. The van der Waals surface area contributed by atoms with Crippen LogP contribution in [0.1, 0.15) is 19.5 Å². The number of nitrogen functional groups attached to an aromatic ring is 1. The summed E-state index contributed by atoms with van der Waals surface area (Å²) in [5.41, 5.74) is 5.49. The van der Waals surface area contributed by atoms with E-state index < -0.39 is 40.1 Å². The SMILES string of the molecule is CON=C(C(=O)N[C@H]1CN(C(=O)NS(=O)(=O)NC(C)C)C1=O)c1csc(N)n1.[NaH]. The average Bonchev–Trinajstić information content (AvgIpc) is 2.99. The molecule has 0 saturated carbocycles. The second-order valence-electron chi connectivity index (χ2n) is 5.85. The number of imide groups is 1. The topological polar surface area (TPSA) is 185 Å². The Kier molecular flexibility index (Phi) is 8.98. The zero-order valence-electron chi connectivity index (χ0n) is 15.1. The van der Waals surface area contributed by atoms with Gasteiger partial charge in [-0.15, -0.1) is 11.3 Å². The molecule has 4 amide bonds. The first-order valence-electron chi connectivity index (χ1n) is 7.83. The maximum atomic E-state index is 12.3. The van der Waals surface area contributed by atoms with Crippen molar-refractivity contribution < 1.29 is 27.6 Å². The Morgan fingerprint density at radius 1 is 1.45 bits per heavy atom. The summed E-state index contributed by atoms with van der Waals surface area (Å²) in [5.74, 6) is -1.54. The van der Waals surface area contributed by atoms with Crippen LogP contribution in [0.2, 0.25) is 0 Å². The van der Waals surface area contributed by atoms with Crippen molar-refractivity contribution in [2.75, 3.05) is 19.4 Å². The average molecular weight is 457 g/mol. The van der Waals surface area contributed by atoms with Gasteiger partial charge in [0.15, 0.2) is 10.8 Å². The third-order valence-corrected chi connectivity index (χ3v) is 5.15.